The first-order valence-corrected chi connectivity index (χ1v) is 9.34. The van der Waals surface area contributed by atoms with E-state index in [0.717, 1.165) is 24.3 Å². The molecule has 0 fully saturated rings. The summed E-state index contributed by atoms with van der Waals surface area (Å²) < 4.78 is 101. The lowest BCUT2D eigenvalue weighted by Gasteiger charge is -2.41. The number of aliphatic imine (C=N–C) groups is 1. The van der Waals surface area contributed by atoms with Crippen LogP contribution in [-0.2, 0) is 10.3 Å². The number of aromatic nitrogens is 1. The Morgan fingerprint density at radius 2 is 2.06 bits per heavy atom. The molecule has 2 unspecified atom stereocenters. The number of benzene rings is 1. The van der Waals surface area contributed by atoms with Gasteiger partial charge in [-0.25, -0.2) is 4.39 Å². The Labute approximate surface area is 194 Å². The van der Waals surface area contributed by atoms with E-state index in [4.69, 9.17) is 27.8 Å². The van der Waals surface area contributed by atoms with Crippen molar-refractivity contribution in [1.82, 2.24) is 4.98 Å². The topological polar surface area (TPSA) is 125 Å². The largest absolute Gasteiger partial charge is 0.478 e. The highest BCUT2D eigenvalue weighted by atomic mass is 19.4. The number of anilines is 2. The summed E-state index contributed by atoms with van der Waals surface area (Å²) in [5.41, 5.74) is 6.43. The molecule has 8 nitrogen and oxygen atoms in total. The van der Waals surface area contributed by atoms with Gasteiger partial charge in [-0.15, -0.1) is 0 Å². The summed E-state index contributed by atoms with van der Waals surface area (Å²) >= 11 is 0. The van der Waals surface area contributed by atoms with Crippen molar-refractivity contribution in [2.45, 2.75) is 38.0 Å². The molecule has 2 aromatic rings. The molecule has 2 heterocycles. The molecule has 0 bridgehead atoms. The normalized spacial score (nSPS) is 26.1. The van der Waals surface area contributed by atoms with Gasteiger partial charge in [0.2, 0.25) is 11.5 Å². The first kappa shape index (κ1) is 18.1. The Balaban J connectivity index is 1.85. The van der Waals surface area contributed by atoms with E-state index in [2.05, 4.69) is 15.3 Å². The molecular formula is C21H23F4N5O3. The van der Waals surface area contributed by atoms with E-state index in [-0.39, 0.29) is 16.8 Å². The Morgan fingerprint density at radius 1 is 1.33 bits per heavy atom. The molecule has 33 heavy (non-hydrogen) atoms. The van der Waals surface area contributed by atoms with Gasteiger partial charge >= 0.3 is 6.18 Å². The van der Waals surface area contributed by atoms with Gasteiger partial charge in [-0.3, -0.25) is 9.79 Å². The molecule has 1 aliphatic heterocycles. The number of carbonyl (C=O) groups excluding carboxylic acids is 1. The van der Waals surface area contributed by atoms with Crippen LogP contribution in [-0.4, -0.2) is 41.7 Å². The maximum absolute atomic E-state index is 14.7. The van der Waals surface area contributed by atoms with Crippen LogP contribution >= 0.6 is 0 Å². The number of ether oxygens (including phenoxy) is 2. The van der Waals surface area contributed by atoms with Crippen molar-refractivity contribution in [3.05, 3.63) is 47.3 Å². The molecule has 0 radical (unpaired) electrons. The number of hydrogen-bond donors (Lipinski definition) is 3. The molecule has 2 atom stereocenters. The minimum absolute atomic E-state index is 0.0176. The number of amides is 1. The van der Waals surface area contributed by atoms with Crippen LogP contribution in [0.4, 0.5) is 29.1 Å². The van der Waals surface area contributed by atoms with Gasteiger partial charge in [0, 0.05) is 21.4 Å². The van der Waals surface area contributed by atoms with Crippen molar-refractivity contribution >= 4 is 23.2 Å². The highest BCUT2D eigenvalue weighted by Crippen LogP contribution is 2.41. The van der Waals surface area contributed by atoms with Crippen LogP contribution in [0.15, 0.2) is 35.3 Å². The predicted octanol–water partition coefficient (Wildman–Crippen LogP) is 3.38. The maximum Gasteiger partial charge on any atom is 0.424 e. The smallest absolute Gasteiger partial charge is 0.424 e. The Kier molecular flexibility index (Phi) is 4.66. The summed E-state index contributed by atoms with van der Waals surface area (Å²) in [7, 11) is 0. The number of hydrogen-bond acceptors (Lipinski definition) is 7. The third kappa shape index (κ3) is 4.56. The molecule has 1 aromatic carbocycles. The predicted molar refractivity (Wildman–Crippen MR) is 114 cm³/mol. The quantitative estimate of drug-likeness (QED) is 0.571. The lowest BCUT2D eigenvalue weighted by Crippen LogP contribution is -2.60. The van der Waals surface area contributed by atoms with E-state index >= 15 is 0 Å². The zero-order valence-corrected chi connectivity index (χ0v) is 17.4. The summed E-state index contributed by atoms with van der Waals surface area (Å²) in [4.78, 5) is 20.4. The molecule has 12 heteroatoms. The Bertz CT molecular complexity index is 1290. The number of carbonyl (C=O) groups is 1. The Hall–Kier alpha value is -3.41. The van der Waals surface area contributed by atoms with Crippen LogP contribution in [0.25, 0.3) is 0 Å². The molecule has 5 N–H and O–H groups in total. The molecule has 0 aliphatic carbocycles. The Morgan fingerprint density at radius 3 is 2.67 bits per heavy atom. The number of nitrogens with two attached hydrogens (primary N) is 2. The van der Waals surface area contributed by atoms with Gasteiger partial charge in [-0.1, -0.05) is 0 Å². The van der Waals surface area contributed by atoms with Gasteiger partial charge in [-0.2, -0.15) is 18.2 Å². The van der Waals surface area contributed by atoms with Crippen molar-refractivity contribution < 1.29 is 38.7 Å². The number of nitrogens with zero attached hydrogens (tertiary/aromatic N) is 2. The minimum atomic E-state index is -4.86. The zero-order valence-electron chi connectivity index (χ0n) is 22.4. The minimum Gasteiger partial charge on any atom is -0.478 e. The van der Waals surface area contributed by atoms with Crippen molar-refractivity contribution in [2.75, 3.05) is 24.2 Å². The SMILES string of the molecule is [2H]C([2H])([2H])C([2H])([2H])Oc1ccc(C(=O)Nc2ccc(F)c(C3(C)COC(C)(C(F)(F)F)C(N)=N3)c2)c(N)n1. The highest BCUT2D eigenvalue weighted by molar-refractivity contribution is 6.07. The number of alkyl halides is 3. The molecule has 0 spiro atoms. The summed E-state index contributed by atoms with van der Waals surface area (Å²) in [6.45, 7) is -4.84. The summed E-state index contributed by atoms with van der Waals surface area (Å²) in [6.07, 6.45) is -4.86. The van der Waals surface area contributed by atoms with E-state index in [1.54, 1.807) is 0 Å². The number of amidine groups is 1. The molecule has 0 saturated heterocycles. The first-order chi connectivity index (χ1) is 17.2. The average molecular weight is 474 g/mol. The fourth-order valence-corrected chi connectivity index (χ4v) is 3.10. The van der Waals surface area contributed by atoms with E-state index in [1.165, 1.54) is 13.0 Å². The second-order valence-electron chi connectivity index (χ2n) is 7.53. The van der Waals surface area contributed by atoms with Crippen LogP contribution in [0.2, 0.25) is 0 Å². The monoisotopic (exact) mass is 474 g/mol. The van der Waals surface area contributed by atoms with Crippen molar-refractivity contribution in [3.8, 4) is 5.88 Å². The molecule has 1 aliphatic rings. The molecular weight excluding hydrogens is 446 g/mol. The van der Waals surface area contributed by atoms with Gasteiger partial charge in [-0.05, 0) is 45.0 Å². The fourth-order valence-electron chi connectivity index (χ4n) is 3.10. The molecule has 0 saturated carbocycles. The highest BCUT2D eigenvalue weighted by Gasteiger charge is 2.59. The van der Waals surface area contributed by atoms with Crippen LogP contribution in [0.3, 0.4) is 0 Å². The molecule has 1 amide bonds. The van der Waals surface area contributed by atoms with Gasteiger partial charge in [0.1, 0.15) is 23.0 Å². The van der Waals surface area contributed by atoms with Crippen molar-refractivity contribution in [2.24, 2.45) is 10.7 Å². The first-order valence-electron chi connectivity index (χ1n) is 11.8. The number of nitrogen functional groups attached to an aromatic ring is 1. The average Bonchev–Trinajstić information content (AvgIpc) is 2.76. The summed E-state index contributed by atoms with van der Waals surface area (Å²) in [5.74, 6) is -3.49. The third-order valence-electron chi connectivity index (χ3n) is 5.14. The maximum atomic E-state index is 14.7. The van der Waals surface area contributed by atoms with Gasteiger partial charge < -0.3 is 26.3 Å². The van der Waals surface area contributed by atoms with Gasteiger partial charge in [0.25, 0.3) is 5.91 Å². The molecule has 178 valence electrons. The van der Waals surface area contributed by atoms with E-state index < -0.39 is 66.6 Å². The van der Waals surface area contributed by atoms with Crippen LogP contribution < -0.4 is 21.5 Å². The van der Waals surface area contributed by atoms with E-state index in [0.29, 0.717) is 6.92 Å². The van der Waals surface area contributed by atoms with E-state index in [1.807, 2.05) is 0 Å². The van der Waals surface area contributed by atoms with Crippen LogP contribution in [0.1, 0.15) is 43.5 Å². The van der Waals surface area contributed by atoms with Crippen molar-refractivity contribution in [1.29, 1.82) is 0 Å². The van der Waals surface area contributed by atoms with Crippen LogP contribution in [0, 0.1) is 5.82 Å². The second kappa shape index (κ2) is 8.50. The zero-order chi connectivity index (χ0) is 28.9. The number of halogens is 4. The fraction of sp³-hybridized carbons (Fsp3) is 0.381. The molecule has 1 aromatic heterocycles. The molecule has 3 rings (SSSR count). The van der Waals surface area contributed by atoms with Crippen LogP contribution in [0.5, 0.6) is 5.88 Å². The van der Waals surface area contributed by atoms with E-state index in [9.17, 15) is 22.4 Å². The van der Waals surface area contributed by atoms with Gasteiger partial charge in [0.05, 0.1) is 21.5 Å². The number of rotatable bonds is 5. The lowest BCUT2D eigenvalue weighted by atomic mass is 9.89. The number of nitrogens with one attached hydrogen (secondary N) is 1. The van der Waals surface area contributed by atoms with Gasteiger partial charge in [0.15, 0.2) is 0 Å². The number of pyridine rings is 1. The van der Waals surface area contributed by atoms with Crippen molar-refractivity contribution in [3.63, 3.8) is 0 Å². The standard InChI is InChI=1S/C21H23F4N5O3/c1-4-32-15-8-6-12(16(26)29-15)17(31)28-11-5-7-14(22)13(9-11)19(2)10-33-20(3,18(27)30-19)21(23,24)25/h5-9H,4,10H2,1-3H3,(H2,26,29)(H2,27,30)(H,28,31)/i1D3,4D2. The lowest BCUT2D eigenvalue weighted by molar-refractivity contribution is -0.249. The third-order valence-corrected chi connectivity index (χ3v) is 5.14. The summed E-state index contributed by atoms with van der Waals surface area (Å²) in [5, 5.41) is 2.44. The second-order valence-corrected chi connectivity index (χ2v) is 7.53. The summed E-state index contributed by atoms with van der Waals surface area (Å²) in [6, 6.07) is 5.43.